The highest BCUT2D eigenvalue weighted by Crippen LogP contribution is 2.37. The lowest BCUT2D eigenvalue weighted by molar-refractivity contribution is -0.141. The molecule has 0 saturated heterocycles. The molecule has 0 fully saturated rings. The van der Waals surface area contributed by atoms with Crippen LogP contribution in [0.15, 0.2) is 58.8 Å². The normalized spacial score (nSPS) is 12.0. The largest absolute Gasteiger partial charge is 0.435 e. The average molecular weight is 413 g/mol. The Morgan fingerprint density at radius 3 is 2.56 bits per heavy atom. The minimum Gasteiger partial charge on any atom is -0.411 e. The van der Waals surface area contributed by atoms with Crippen LogP contribution in [0.1, 0.15) is 16.8 Å². The summed E-state index contributed by atoms with van der Waals surface area (Å²) in [6.45, 7) is 0. The van der Waals surface area contributed by atoms with Crippen molar-refractivity contribution < 1.29 is 18.4 Å². The Kier molecular flexibility index (Phi) is 5.71. The maximum Gasteiger partial charge on any atom is 0.435 e. The summed E-state index contributed by atoms with van der Waals surface area (Å²) < 4.78 is 41.4. The lowest BCUT2D eigenvalue weighted by Crippen LogP contribution is -2.09. The molecule has 0 aliphatic carbocycles. The number of oxime groups is 1. The van der Waals surface area contributed by atoms with Crippen LogP contribution in [-0.4, -0.2) is 26.2 Å². The molecule has 1 aromatic carbocycles. The van der Waals surface area contributed by atoms with E-state index in [0.717, 1.165) is 28.2 Å². The van der Waals surface area contributed by atoms with E-state index in [4.69, 9.17) is 16.8 Å². The minimum atomic E-state index is -4.73. The van der Waals surface area contributed by atoms with Crippen molar-refractivity contribution in [3.63, 3.8) is 0 Å². The second-order valence-corrected chi connectivity index (χ2v) is 6.66. The molecule has 0 radical (unpaired) electrons. The van der Waals surface area contributed by atoms with Crippen molar-refractivity contribution in [3.05, 3.63) is 70.5 Å². The molecule has 5 nitrogen and oxygen atoms in total. The van der Waals surface area contributed by atoms with Gasteiger partial charge < -0.3 is 5.21 Å². The number of halogens is 4. The number of alkyl halides is 3. The van der Waals surface area contributed by atoms with Gasteiger partial charge in [-0.3, -0.25) is 0 Å². The van der Waals surface area contributed by atoms with Gasteiger partial charge >= 0.3 is 6.18 Å². The zero-order valence-electron chi connectivity index (χ0n) is 13.6. The fraction of sp³-hybridized carbons (Fsp3) is 0.118. The molecular formula is C17H12ClF3N4OS. The quantitative estimate of drug-likeness (QED) is 0.276. The topological polar surface area (TPSA) is 63.3 Å². The molecule has 1 N–H and O–H groups in total. The van der Waals surface area contributed by atoms with Crippen molar-refractivity contribution in [3.8, 4) is 5.82 Å². The number of hydrogen-bond acceptors (Lipinski definition) is 5. The fourth-order valence-corrected chi connectivity index (χ4v) is 3.72. The van der Waals surface area contributed by atoms with Gasteiger partial charge in [0.05, 0.1) is 11.8 Å². The van der Waals surface area contributed by atoms with E-state index in [9.17, 15) is 13.2 Å². The van der Waals surface area contributed by atoms with Crippen LogP contribution in [0.25, 0.3) is 5.82 Å². The average Bonchev–Trinajstić information content (AvgIpc) is 3.01. The number of nitrogens with zero attached hydrogens (tertiary/aromatic N) is 4. The molecule has 0 amide bonds. The van der Waals surface area contributed by atoms with E-state index in [1.165, 1.54) is 12.3 Å². The van der Waals surface area contributed by atoms with Crippen molar-refractivity contribution in [2.45, 2.75) is 17.0 Å². The third-order valence-electron chi connectivity index (χ3n) is 3.52. The lowest BCUT2D eigenvalue weighted by atomic mass is 10.2. The van der Waals surface area contributed by atoms with Crippen molar-refractivity contribution in [2.24, 2.45) is 5.16 Å². The van der Waals surface area contributed by atoms with Crippen LogP contribution in [0.2, 0.25) is 5.02 Å². The van der Waals surface area contributed by atoms with Gasteiger partial charge in [-0.05, 0) is 23.8 Å². The molecule has 0 aliphatic heterocycles. The molecule has 0 bridgehead atoms. The molecule has 2 aromatic heterocycles. The van der Waals surface area contributed by atoms with Crippen molar-refractivity contribution >= 4 is 29.6 Å². The predicted octanol–water partition coefficient (Wildman–Crippen LogP) is 5.04. The van der Waals surface area contributed by atoms with Crippen molar-refractivity contribution in [2.75, 3.05) is 0 Å². The molecule has 3 rings (SSSR count). The second-order valence-electron chi connectivity index (χ2n) is 5.29. The smallest absolute Gasteiger partial charge is 0.411 e. The van der Waals surface area contributed by atoms with E-state index in [1.807, 2.05) is 0 Å². The molecule has 2 heterocycles. The monoisotopic (exact) mass is 412 g/mol. The highest BCUT2D eigenvalue weighted by molar-refractivity contribution is 7.98. The van der Waals surface area contributed by atoms with Gasteiger partial charge in [0.1, 0.15) is 5.03 Å². The van der Waals surface area contributed by atoms with Gasteiger partial charge in [0.2, 0.25) is 0 Å². The van der Waals surface area contributed by atoms with E-state index in [2.05, 4.69) is 15.2 Å². The summed E-state index contributed by atoms with van der Waals surface area (Å²) in [5.74, 6) is 0.504. The Morgan fingerprint density at radius 2 is 1.93 bits per heavy atom. The van der Waals surface area contributed by atoms with Crippen molar-refractivity contribution in [1.29, 1.82) is 0 Å². The first-order chi connectivity index (χ1) is 12.9. The lowest BCUT2D eigenvalue weighted by Gasteiger charge is -2.08. The zero-order valence-corrected chi connectivity index (χ0v) is 15.1. The molecule has 0 spiro atoms. The van der Waals surface area contributed by atoms with E-state index in [1.54, 1.807) is 36.4 Å². The van der Waals surface area contributed by atoms with Gasteiger partial charge in [0.25, 0.3) is 0 Å². The Hall–Kier alpha value is -2.52. The van der Waals surface area contributed by atoms with E-state index in [-0.39, 0.29) is 16.4 Å². The first-order valence-electron chi connectivity index (χ1n) is 7.57. The molecule has 0 unspecified atom stereocenters. The Bertz CT molecular complexity index is 961. The van der Waals surface area contributed by atoms with Gasteiger partial charge in [0, 0.05) is 17.0 Å². The number of thioether (sulfide) groups is 1. The zero-order chi connectivity index (χ0) is 19.4. The molecule has 27 heavy (non-hydrogen) atoms. The first-order valence-corrected chi connectivity index (χ1v) is 8.93. The molecule has 10 heteroatoms. The van der Waals surface area contributed by atoms with Gasteiger partial charge in [-0.1, -0.05) is 41.0 Å². The van der Waals surface area contributed by atoms with Crippen LogP contribution in [0.3, 0.4) is 0 Å². The van der Waals surface area contributed by atoms with Crippen LogP contribution in [0.4, 0.5) is 13.2 Å². The van der Waals surface area contributed by atoms with Gasteiger partial charge in [-0.15, -0.1) is 11.8 Å². The van der Waals surface area contributed by atoms with Crippen LogP contribution in [-0.2, 0) is 11.9 Å². The maximum atomic E-state index is 13.4. The minimum absolute atomic E-state index is 0.138. The third kappa shape index (κ3) is 4.25. The Balaban J connectivity index is 2.11. The Morgan fingerprint density at radius 1 is 1.19 bits per heavy atom. The molecule has 0 aliphatic rings. The van der Waals surface area contributed by atoms with E-state index < -0.39 is 11.9 Å². The summed E-state index contributed by atoms with van der Waals surface area (Å²) in [4.78, 5) is 4.07. The maximum absolute atomic E-state index is 13.4. The molecule has 0 atom stereocenters. The van der Waals surface area contributed by atoms with E-state index >= 15 is 0 Å². The predicted molar refractivity (Wildman–Crippen MR) is 96.8 cm³/mol. The summed E-state index contributed by atoms with van der Waals surface area (Å²) in [6, 6.07) is 11.8. The molecule has 3 aromatic rings. The van der Waals surface area contributed by atoms with Crippen LogP contribution in [0.5, 0.6) is 0 Å². The number of hydrogen-bond donors (Lipinski definition) is 1. The van der Waals surface area contributed by atoms with Crippen LogP contribution in [0, 0.1) is 0 Å². The van der Waals surface area contributed by atoms with Crippen LogP contribution < -0.4 is 0 Å². The number of rotatable bonds is 5. The first kappa shape index (κ1) is 19.2. The van der Waals surface area contributed by atoms with E-state index in [0.29, 0.717) is 10.8 Å². The SMILES string of the molecule is O/N=C/c1c(C(F)(F)F)nn(-c2ccccn2)c1SCc1ccccc1Cl. The standard InChI is InChI=1S/C17H12ClF3N4OS/c18-13-6-2-1-5-11(13)10-27-16-12(9-23-26)15(17(19,20)21)24-25(16)14-7-3-4-8-22-14/h1-9,26H,10H2/b23-9+. The van der Waals surface area contributed by atoms with Gasteiger partial charge in [-0.25, -0.2) is 9.67 Å². The van der Waals surface area contributed by atoms with Gasteiger partial charge in [0.15, 0.2) is 11.5 Å². The molecule has 140 valence electrons. The summed E-state index contributed by atoms with van der Waals surface area (Å²) >= 11 is 7.22. The summed E-state index contributed by atoms with van der Waals surface area (Å²) in [7, 11) is 0. The van der Waals surface area contributed by atoms with Gasteiger partial charge in [-0.2, -0.15) is 18.3 Å². The third-order valence-corrected chi connectivity index (χ3v) is 5.01. The summed E-state index contributed by atoms with van der Waals surface area (Å²) in [5.41, 5.74) is -0.751. The van der Waals surface area contributed by atoms with Crippen LogP contribution >= 0.6 is 23.4 Å². The van der Waals surface area contributed by atoms with Crippen molar-refractivity contribution in [1.82, 2.24) is 14.8 Å². The number of benzene rings is 1. The molecule has 0 saturated carbocycles. The highest BCUT2D eigenvalue weighted by atomic mass is 35.5. The Labute approximate surface area is 161 Å². The molecular weight excluding hydrogens is 401 g/mol. The number of pyridine rings is 1. The fourth-order valence-electron chi connectivity index (χ4n) is 2.33. The summed E-state index contributed by atoms with van der Waals surface area (Å²) in [6.07, 6.45) is -2.55. The number of aromatic nitrogens is 3. The summed E-state index contributed by atoms with van der Waals surface area (Å²) in [5, 5.41) is 16.0. The highest BCUT2D eigenvalue weighted by Gasteiger charge is 2.39. The second kappa shape index (κ2) is 8.01.